The summed E-state index contributed by atoms with van der Waals surface area (Å²) < 4.78 is 37.9. The van der Waals surface area contributed by atoms with Crippen LogP contribution in [-0.2, 0) is 52.4 Å². The van der Waals surface area contributed by atoms with E-state index < -0.39 is 111 Å². The number of ketones is 2. The third kappa shape index (κ3) is 3.04. The number of ether oxygens (including phenoxy) is 6. The van der Waals surface area contributed by atoms with Crippen molar-refractivity contribution in [2.24, 2.45) is 35.0 Å². The molecular formula is C31H38O12. The van der Waals surface area contributed by atoms with Crippen molar-refractivity contribution >= 4 is 29.5 Å². The van der Waals surface area contributed by atoms with Gasteiger partial charge in [-0.15, -0.1) is 0 Å². The fourth-order valence-electron chi connectivity index (χ4n) is 11.1. The van der Waals surface area contributed by atoms with Gasteiger partial charge < -0.3 is 33.5 Å². The van der Waals surface area contributed by atoms with E-state index in [1.165, 1.54) is 13.8 Å². The molecule has 0 aromatic heterocycles. The lowest BCUT2D eigenvalue weighted by molar-refractivity contribution is -0.339. The molecule has 2 saturated carbocycles. The molecular weight excluding hydrogens is 564 g/mol. The summed E-state index contributed by atoms with van der Waals surface area (Å²) in [6.07, 6.45) is -2.93. The Morgan fingerprint density at radius 3 is 2.44 bits per heavy atom. The van der Waals surface area contributed by atoms with E-state index in [-0.39, 0.29) is 31.5 Å². The third-order valence-corrected chi connectivity index (χ3v) is 12.6. The number of rotatable bonds is 1. The molecule has 234 valence electrons. The Bertz CT molecular complexity index is 1400. The van der Waals surface area contributed by atoms with Crippen LogP contribution in [-0.4, -0.2) is 87.2 Å². The molecule has 0 aromatic rings. The molecule has 6 saturated heterocycles. The molecule has 6 heterocycles. The maximum atomic E-state index is 15.2. The molecule has 1 N–H and O–H groups in total. The summed E-state index contributed by atoms with van der Waals surface area (Å²) in [4.78, 5) is 67.6. The van der Waals surface area contributed by atoms with Crippen LogP contribution < -0.4 is 0 Å². The Morgan fingerprint density at radius 2 is 1.74 bits per heavy atom. The lowest BCUT2D eigenvalue weighted by atomic mass is 9.60. The molecule has 3 spiro atoms. The second kappa shape index (κ2) is 7.86. The zero-order valence-corrected chi connectivity index (χ0v) is 25.2. The van der Waals surface area contributed by atoms with Gasteiger partial charge in [-0.2, -0.15) is 0 Å². The van der Waals surface area contributed by atoms with Crippen LogP contribution in [0.1, 0.15) is 73.6 Å². The second-order valence-electron chi connectivity index (χ2n) is 15.3. The molecule has 0 amide bonds. The highest BCUT2D eigenvalue weighted by Crippen LogP contribution is 2.71. The van der Waals surface area contributed by atoms with Crippen LogP contribution in [0.25, 0.3) is 0 Å². The molecule has 2 bridgehead atoms. The zero-order chi connectivity index (χ0) is 30.9. The van der Waals surface area contributed by atoms with Crippen molar-refractivity contribution in [2.45, 2.75) is 126 Å². The summed E-state index contributed by atoms with van der Waals surface area (Å²) in [7, 11) is 0. The quantitative estimate of drug-likeness (QED) is 0.338. The Balaban J connectivity index is 1.35. The first-order valence-electron chi connectivity index (χ1n) is 15.4. The largest absolute Gasteiger partial charge is 0.462 e. The van der Waals surface area contributed by atoms with Gasteiger partial charge in [-0.05, 0) is 40.0 Å². The monoisotopic (exact) mass is 602 g/mol. The van der Waals surface area contributed by atoms with Gasteiger partial charge in [-0.3, -0.25) is 19.2 Å². The van der Waals surface area contributed by atoms with Crippen LogP contribution in [0.5, 0.6) is 0 Å². The van der Waals surface area contributed by atoms with Gasteiger partial charge in [0.2, 0.25) is 11.6 Å². The van der Waals surface area contributed by atoms with Crippen LogP contribution in [0, 0.1) is 35.0 Å². The molecule has 12 nitrogen and oxygen atoms in total. The summed E-state index contributed by atoms with van der Waals surface area (Å²) in [6.45, 7) is 9.97. The summed E-state index contributed by atoms with van der Waals surface area (Å²) >= 11 is 0. The zero-order valence-electron chi connectivity index (χ0n) is 25.2. The average molecular weight is 603 g/mol. The predicted octanol–water partition coefficient (Wildman–Crippen LogP) is 1.17. The number of fused-ring (bicyclic) bond motifs is 2. The first-order chi connectivity index (χ1) is 19.9. The van der Waals surface area contributed by atoms with Crippen LogP contribution in [0.15, 0.2) is 0 Å². The maximum Gasteiger partial charge on any atom is 0.341 e. The van der Waals surface area contributed by atoms with Crippen molar-refractivity contribution < 1.29 is 57.5 Å². The topological polar surface area (TPSA) is 161 Å². The maximum absolute atomic E-state index is 15.2. The molecule has 0 unspecified atom stereocenters. The number of carbonyl (C=O) groups is 5. The first kappa shape index (κ1) is 28.1. The summed E-state index contributed by atoms with van der Waals surface area (Å²) in [5, 5.41) is 11.3. The molecule has 8 fully saturated rings. The van der Waals surface area contributed by atoms with Gasteiger partial charge in [0, 0.05) is 42.4 Å². The summed E-state index contributed by atoms with van der Waals surface area (Å²) in [5.41, 5.74) is -6.45. The van der Waals surface area contributed by atoms with Crippen molar-refractivity contribution in [3.63, 3.8) is 0 Å². The summed E-state index contributed by atoms with van der Waals surface area (Å²) in [6, 6.07) is 0. The van der Waals surface area contributed by atoms with Gasteiger partial charge in [0.25, 0.3) is 0 Å². The lowest BCUT2D eigenvalue weighted by Crippen LogP contribution is -2.66. The third-order valence-electron chi connectivity index (χ3n) is 12.6. The highest BCUT2D eigenvalue weighted by Gasteiger charge is 2.85. The van der Waals surface area contributed by atoms with E-state index in [9.17, 15) is 24.3 Å². The van der Waals surface area contributed by atoms with E-state index in [1.807, 2.05) is 20.8 Å². The molecule has 2 aliphatic carbocycles. The standard InChI is InChI=1S/C31H38O12/c1-12-18-20-24(28(6,37)25(36)39-20)42-31-21(18)27(5,22(12)34)7-8-29(43-31)11-30-15(9-14(38-13(2)32)19(29)23(31)35)26(3,4)40-16(30)10-17(33)41-30/h12,14-16,18-21,24,37H,7-11H2,1-6H3/t12-,14-,15-,16+,18+,19-,20+,21-,24-,27-,28+,29-,30+,31+/m0/s1. The van der Waals surface area contributed by atoms with Crippen LogP contribution >= 0.6 is 0 Å². The SMILES string of the molecule is CC(=O)O[C@H]1C[C@H]2C(C)(C)O[C@@H]3CC(=O)O[C@@]32C[C@]23CC[C@]4(C)C(=O)[C@@H](C)[C@@H]5[C@H]6OC(=O)[C@](C)(O)[C@H]6O[C@](O2)(C(=O)[C@H]13)[C@@H]54. The molecule has 8 rings (SSSR count). The second-order valence-corrected chi connectivity index (χ2v) is 15.3. The molecule has 6 aliphatic heterocycles. The molecule has 8 aliphatic rings. The minimum absolute atomic E-state index is 0.0407. The van der Waals surface area contributed by atoms with Gasteiger partial charge in [0.1, 0.15) is 35.8 Å². The van der Waals surface area contributed by atoms with E-state index in [0.29, 0.717) is 6.42 Å². The minimum Gasteiger partial charge on any atom is -0.462 e. The number of hydrogen-bond donors (Lipinski definition) is 1. The lowest BCUT2D eigenvalue weighted by Gasteiger charge is -2.50. The van der Waals surface area contributed by atoms with E-state index in [1.54, 1.807) is 6.92 Å². The van der Waals surface area contributed by atoms with Crippen LogP contribution in [0.4, 0.5) is 0 Å². The smallest absolute Gasteiger partial charge is 0.341 e. The van der Waals surface area contributed by atoms with Gasteiger partial charge in [0.15, 0.2) is 5.60 Å². The van der Waals surface area contributed by atoms with Crippen LogP contribution in [0.3, 0.4) is 0 Å². The number of hydrogen-bond acceptors (Lipinski definition) is 12. The van der Waals surface area contributed by atoms with Crippen molar-refractivity contribution in [2.75, 3.05) is 0 Å². The highest BCUT2D eigenvalue weighted by atomic mass is 16.7. The molecule has 12 heteroatoms. The molecule has 0 aromatic carbocycles. The Labute approximate surface area is 248 Å². The number of esters is 3. The van der Waals surface area contributed by atoms with E-state index >= 15 is 4.79 Å². The van der Waals surface area contributed by atoms with E-state index in [0.717, 1.165) is 0 Å². The first-order valence-corrected chi connectivity index (χ1v) is 15.4. The van der Waals surface area contributed by atoms with Crippen LogP contribution in [0.2, 0.25) is 0 Å². The van der Waals surface area contributed by atoms with Crippen molar-refractivity contribution in [3.8, 4) is 0 Å². The normalized spacial score (nSPS) is 57.0. The molecule has 14 atom stereocenters. The van der Waals surface area contributed by atoms with Crippen molar-refractivity contribution in [1.29, 1.82) is 0 Å². The Kier molecular flexibility index (Phi) is 5.14. The van der Waals surface area contributed by atoms with Crippen molar-refractivity contribution in [1.82, 2.24) is 0 Å². The van der Waals surface area contributed by atoms with Gasteiger partial charge in [0.05, 0.1) is 23.5 Å². The summed E-state index contributed by atoms with van der Waals surface area (Å²) in [5.74, 6) is -7.98. The number of carbonyl (C=O) groups excluding carboxylic acids is 5. The van der Waals surface area contributed by atoms with Gasteiger partial charge >= 0.3 is 17.9 Å². The Morgan fingerprint density at radius 1 is 1.02 bits per heavy atom. The van der Waals surface area contributed by atoms with Gasteiger partial charge in [-0.1, -0.05) is 13.8 Å². The van der Waals surface area contributed by atoms with Crippen molar-refractivity contribution in [3.05, 3.63) is 0 Å². The molecule has 0 radical (unpaired) electrons. The fraction of sp³-hybridized carbons (Fsp3) is 0.839. The highest BCUT2D eigenvalue weighted by molar-refractivity contribution is 5.98. The molecule has 43 heavy (non-hydrogen) atoms. The predicted molar refractivity (Wildman–Crippen MR) is 140 cm³/mol. The van der Waals surface area contributed by atoms with Gasteiger partial charge in [-0.25, -0.2) is 4.79 Å². The van der Waals surface area contributed by atoms with E-state index in [2.05, 4.69) is 0 Å². The number of Topliss-reactive ketones (excluding diaryl/α,β-unsaturated/α-hetero) is 2. The minimum atomic E-state index is -2.09. The number of aliphatic hydroxyl groups is 1. The Hall–Kier alpha value is -2.41. The van der Waals surface area contributed by atoms with E-state index in [4.69, 9.17) is 28.4 Å². The fourth-order valence-corrected chi connectivity index (χ4v) is 11.1. The average Bonchev–Trinajstić information content (AvgIpc) is 3.47.